The molecule has 24 heavy (non-hydrogen) atoms. The molecular formula is C18H19N3O3. The molecule has 1 heterocycles. The number of nitrogens with one attached hydrogen (secondary N) is 1. The Hall–Kier alpha value is -3.02. The van der Waals surface area contributed by atoms with Crippen LogP contribution in [0.2, 0.25) is 0 Å². The Morgan fingerprint density at radius 3 is 2.71 bits per heavy atom. The first-order valence-electron chi connectivity index (χ1n) is 7.72. The van der Waals surface area contributed by atoms with Gasteiger partial charge >= 0.3 is 6.03 Å². The molecule has 6 heteroatoms. The van der Waals surface area contributed by atoms with E-state index in [1.54, 1.807) is 11.9 Å². The first-order chi connectivity index (χ1) is 11.6. The number of para-hydroxylation sites is 2. The summed E-state index contributed by atoms with van der Waals surface area (Å²) in [6.07, 6.45) is 0.533. The number of nitrogens with zero attached hydrogens (tertiary/aromatic N) is 1. The number of primary amides is 1. The van der Waals surface area contributed by atoms with Gasteiger partial charge in [0, 0.05) is 13.6 Å². The number of carbonyl (C=O) groups is 2. The Morgan fingerprint density at radius 1 is 1.25 bits per heavy atom. The van der Waals surface area contributed by atoms with Crippen LogP contribution in [0.5, 0.6) is 11.5 Å². The van der Waals surface area contributed by atoms with Gasteiger partial charge in [-0.3, -0.25) is 4.79 Å². The molecule has 1 aliphatic rings. The van der Waals surface area contributed by atoms with E-state index in [1.807, 2.05) is 48.5 Å². The van der Waals surface area contributed by atoms with Gasteiger partial charge in [-0.1, -0.05) is 30.3 Å². The van der Waals surface area contributed by atoms with Crippen molar-refractivity contribution in [2.45, 2.75) is 6.42 Å². The number of anilines is 1. The Bertz CT molecular complexity index is 761. The Morgan fingerprint density at radius 2 is 2.00 bits per heavy atom. The molecule has 0 saturated heterocycles. The van der Waals surface area contributed by atoms with E-state index in [4.69, 9.17) is 10.5 Å². The third kappa shape index (κ3) is 3.17. The maximum absolute atomic E-state index is 12.6. The quantitative estimate of drug-likeness (QED) is 0.904. The van der Waals surface area contributed by atoms with Crippen LogP contribution >= 0.6 is 0 Å². The molecule has 0 saturated carbocycles. The molecule has 0 spiro atoms. The van der Waals surface area contributed by atoms with Gasteiger partial charge in [0.15, 0.2) is 5.75 Å². The molecule has 0 bridgehead atoms. The van der Waals surface area contributed by atoms with Crippen molar-refractivity contribution in [3.05, 3.63) is 54.1 Å². The van der Waals surface area contributed by atoms with Gasteiger partial charge in [-0.2, -0.15) is 0 Å². The van der Waals surface area contributed by atoms with Gasteiger partial charge in [0.2, 0.25) is 5.91 Å². The van der Waals surface area contributed by atoms with Crippen molar-refractivity contribution in [1.29, 1.82) is 0 Å². The molecule has 3 amide bonds. The fourth-order valence-corrected chi connectivity index (χ4v) is 2.93. The maximum atomic E-state index is 12.6. The van der Waals surface area contributed by atoms with Crippen molar-refractivity contribution in [1.82, 2.24) is 5.32 Å². The highest BCUT2D eigenvalue weighted by Gasteiger charge is 2.32. The number of amides is 3. The highest BCUT2D eigenvalue weighted by Crippen LogP contribution is 2.39. The van der Waals surface area contributed by atoms with Crippen LogP contribution in [-0.2, 0) is 11.2 Å². The summed E-state index contributed by atoms with van der Waals surface area (Å²) in [6.45, 7) is 0.224. The molecule has 0 aliphatic carbocycles. The lowest BCUT2D eigenvalue weighted by molar-refractivity contribution is -0.122. The smallest absolute Gasteiger partial charge is 0.312 e. The van der Waals surface area contributed by atoms with Crippen molar-refractivity contribution < 1.29 is 14.3 Å². The van der Waals surface area contributed by atoms with Gasteiger partial charge in [-0.15, -0.1) is 0 Å². The van der Waals surface area contributed by atoms with Crippen molar-refractivity contribution in [3.63, 3.8) is 0 Å². The molecule has 3 N–H and O–H groups in total. The average Bonchev–Trinajstić information content (AvgIpc) is 2.57. The zero-order valence-corrected chi connectivity index (χ0v) is 13.4. The Kier molecular flexibility index (Phi) is 4.37. The molecule has 1 aliphatic heterocycles. The molecule has 0 aromatic heterocycles. The summed E-state index contributed by atoms with van der Waals surface area (Å²) in [6, 6.07) is 14.5. The topological polar surface area (TPSA) is 84.7 Å². The fourth-order valence-electron chi connectivity index (χ4n) is 2.93. The van der Waals surface area contributed by atoms with Gasteiger partial charge in [-0.25, -0.2) is 4.79 Å². The molecule has 0 radical (unpaired) electrons. The summed E-state index contributed by atoms with van der Waals surface area (Å²) in [7, 11) is 1.72. The average molecular weight is 325 g/mol. The van der Waals surface area contributed by atoms with Crippen LogP contribution in [0.25, 0.3) is 0 Å². The number of ether oxygens (including phenoxy) is 1. The molecule has 1 atom stereocenters. The van der Waals surface area contributed by atoms with E-state index in [0.29, 0.717) is 17.9 Å². The zero-order chi connectivity index (χ0) is 17.1. The van der Waals surface area contributed by atoms with Crippen molar-refractivity contribution in [3.8, 4) is 11.5 Å². The summed E-state index contributed by atoms with van der Waals surface area (Å²) >= 11 is 0. The van der Waals surface area contributed by atoms with Crippen molar-refractivity contribution in [2.24, 2.45) is 11.7 Å². The lowest BCUT2D eigenvalue weighted by Crippen LogP contribution is -2.45. The normalized spacial score (nSPS) is 16.5. The molecule has 3 rings (SSSR count). The second-order valence-electron chi connectivity index (χ2n) is 5.72. The van der Waals surface area contributed by atoms with Crippen molar-refractivity contribution >= 4 is 17.6 Å². The van der Waals surface area contributed by atoms with E-state index in [1.165, 1.54) is 0 Å². The summed E-state index contributed by atoms with van der Waals surface area (Å²) in [5, 5.41) is 2.51. The summed E-state index contributed by atoms with van der Waals surface area (Å²) < 4.78 is 5.95. The number of carbonyl (C=O) groups excluding carboxylic acids is 2. The summed E-state index contributed by atoms with van der Waals surface area (Å²) in [5.74, 6) is 0.947. The third-order valence-corrected chi connectivity index (χ3v) is 4.06. The second-order valence-corrected chi connectivity index (χ2v) is 5.72. The maximum Gasteiger partial charge on any atom is 0.312 e. The van der Waals surface area contributed by atoms with Crippen LogP contribution in [0.3, 0.4) is 0 Å². The van der Waals surface area contributed by atoms with Crippen LogP contribution in [0.4, 0.5) is 10.5 Å². The first kappa shape index (κ1) is 15.9. The lowest BCUT2D eigenvalue weighted by atomic mass is 9.91. The predicted molar refractivity (Wildman–Crippen MR) is 91.1 cm³/mol. The number of fused-ring (bicyclic) bond motifs is 1. The molecule has 1 unspecified atom stereocenters. The number of urea groups is 1. The SMILES string of the molecule is CN1C(=O)C(CNC(N)=O)Cc2cccc(Oc3ccccc3)c21. The minimum atomic E-state index is -0.627. The van der Waals surface area contributed by atoms with Crippen LogP contribution in [0.15, 0.2) is 48.5 Å². The summed E-state index contributed by atoms with van der Waals surface area (Å²) in [4.78, 5) is 25.1. The van der Waals surface area contributed by atoms with Gasteiger partial charge in [0.1, 0.15) is 5.75 Å². The minimum Gasteiger partial charge on any atom is -0.455 e. The van der Waals surface area contributed by atoms with Crippen LogP contribution in [0, 0.1) is 5.92 Å². The van der Waals surface area contributed by atoms with Crippen LogP contribution in [0.1, 0.15) is 5.56 Å². The zero-order valence-electron chi connectivity index (χ0n) is 13.4. The number of hydrogen-bond donors (Lipinski definition) is 2. The van der Waals surface area contributed by atoms with Gasteiger partial charge in [0.05, 0.1) is 11.6 Å². The Balaban J connectivity index is 1.88. The van der Waals surface area contributed by atoms with Gasteiger partial charge < -0.3 is 20.7 Å². The van der Waals surface area contributed by atoms with E-state index in [0.717, 1.165) is 11.3 Å². The fraction of sp³-hybridized carbons (Fsp3) is 0.222. The largest absolute Gasteiger partial charge is 0.455 e. The van der Waals surface area contributed by atoms with E-state index in [-0.39, 0.29) is 18.4 Å². The molecule has 2 aromatic carbocycles. The highest BCUT2D eigenvalue weighted by molar-refractivity contribution is 5.99. The first-order valence-corrected chi connectivity index (χ1v) is 7.72. The van der Waals surface area contributed by atoms with E-state index in [9.17, 15) is 9.59 Å². The number of rotatable bonds is 4. The second kappa shape index (κ2) is 6.62. The lowest BCUT2D eigenvalue weighted by Gasteiger charge is -2.32. The molecule has 6 nitrogen and oxygen atoms in total. The predicted octanol–water partition coefficient (Wildman–Crippen LogP) is 2.28. The molecule has 2 aromatic rings. The third-order valence-electron chi connectivity index (χ3n) is 4.06. The molecule has 0 fully saturated rings. The van der Waals surface area contributed by atoms with Gasteiger partial charge in [0.25, 0.3) is 0 Å². The van der Waals surface area contributed by atoms with Crippen LogP contribution < -0.4 is 20.7 Å². The highest BCUT2D eigenvalue weighted by atomic mass is 16.5. The number of nitrogens with two attached hydrogens (primary N) is 1. The van der Waals surface area contributed by atoms with E-state index in [2.05, 4.69) is 5.32 Å². The number of benzene rings is 2. The summed E-state index contributed by atoms with van der Waals surface area (Å²) in [5.41, 5.74) is 6.87. The van der Waals surface area contributed by atoms with Crippen LogP contribution in [-0.4, -0.2) is 25.5 Å². The standard InChI is InChI=1S/C18H19N3O3/c1-21-16-12(10-13(17(21)22)11-20-18(19)23)6-5-9-15(16)24-14-7-3-2-4-8-14/h2-9,13H,10-11H2,1H3,(H3,19,20,23). The minimum absolute atomic E-state index is 0.0691. The number of hydrogen-bond acceptors (Lipinski definition) is 3. The van der Waals surface area contributed by atoms with E-state index < -0.39 is 6.03 Å². The Labute approximate surface area is 140 Å². The molecular weight excluding hydrogens is 306 g/mol. The molecule has 124 valence electrons. The monoisotopic (exact) mass is 325 g/mol. The van der Waals surface area contributed by atoms with Gasteiger partial charge in [-0.05, 0) is 30.2 Å². The van der Waals surface area contributed by atoms with Crippen molar-refractivity contribution in [2.75, 3.05) is 18.5 Å². The van der Waals surface area contributed by atoms with E-state index >= 15 is 0 Å².